The number of rotatable bonds is 3. The van der Waals surface area contributed by atoms with Crippen LogP contribution in [0.1, 0.15) is 21.5 Å². The zero-order valence-corrected chi connectivity index (χ0v) is 17.0. The lowest BCUT2D eigenvalue weighted by atomic mass is 9.97. The largest absolute Gasteiger partial charge is 0.307 e. The number of benzene rings is 1. The summed E-state index contributed by atoms with van der Waals surface area (Å²) in [5, 5.41) is 8.03. The van der Waals surface area contributed by atoms with Gasteiger partial charge < -0.3 is 10.2 Å². The second kappa shape index (κ2) is 7.35. The molecule has 1 amide bonds. The Morgan fingerprint density at radius 2 is 1.97 bits per heavy atom. The monoisotopic (exact) mass is 398 g/mol. The van der Waals surface area contributed by atoms with Crippen molar-refractivity contribution < 1.29 is 4.79 Å². The summed E-state index contributed by atoms with van der Waals surface area (Å²) in [6.07, 6.45) is 6.40. The van der Waals surface area contributed by atoms with Gasteiger partial charge in [-0.1, -0.05) is 6.07 Å². The van der Waals surface area contributed by atoms with Crippen molar-refractivity contribution in [2.24, 2.45) is 7.05 Å². The minimum atomic E-state index is -0.160. The van der Waals surface area contributed by atoms with Crippen LogP contribution in [0.3, 0.4) is 0 Å². The van der Waals surface area contributed by atoms with Crippen molar-refractivity contribution in [1.29, 1.82) is 0 Å². The molecule has 0 aliphatic carbocycles. The minimum Gasteiger partial charge on any atom is -0.307 e. The van der Waals surface area contributed by atoms with Gasteiger partial charge in [0.25, 0.3) is 5.91 Å². The number of amides is 1. The quantitative estimate of drug-likeness (QED) is 0.573. The maximum atomic E-state index is 12.8. The summed E-state index contributed by atoms with van der Waals surface area (Å²) in [5.74, 6) is 0.327. The Kier molecular flexibility index (Phi) is 4.52. The van der Waals surface area contributed by atoms with E-state index in [0.717, 1.165) is 41.7 Å². The van der Waals surface area contributed by atoms with Crippen molar-refractivity contribution in [3.8, 4) is 11.3 Å². The van der Waals surface area contributed by atoms with Crippen molar-refractivity contribution in [1.82, 2.24) is 24.6 Å². The molecule has 1 aliphatic rings. The molecule has 0 unspecified atom stereocenters. The fourth-order valence-electron chi connectivity index (χ4n) is 3.82. The summed E-state index contributed by atoms with van der Waals surface area (Å²) in [6, 6.07) is 11.7. The maximum absolute atomic E-state index is 12.8. The van der Waals surface area contributed by atoms with Gasteiger partial charge in [-0.2, -0.15) is 5.10 Å². The van der Waals surface area contributed by atoms with Crippen molar-refractivity contribution >= 4 is 22.6 Å². The molecule has 1 aromatic carbocycles. The normalized spacial score (nSPS) is 13.9. The predicted molar refractivity (Wildman–Crippen MR) is 116 cm³/mol. The highest BCUT2D eigenvalue weighted by molar-refractivity contribution is 6.04. The first-order valence-corrected chi connectivity index (χ1v) is 9.93. The molecule has 4 heterocycles. The van der Waals surface area contributed by atoms with E-state index in [1.54, 1.807) is 23.1 Å². The summed E-state index contributed by atoms with van der Waals surface area (Å²) in [4.78, 5) is 24.2. The second-order valence-electron chi connectivity index (χ2n) is 7.79. The van der Waals surface area contributed by atoms with Crippen molar-refractivity contribution in [2.45, 2.75) is 13.0 Å². The highest BCUT2D eigenvalue weighted by Gasteiger charge is 2.16. The van der Waals surface area contributed by atoms with Crippen LogP contribution in [0.15, 0.2) is 55.0 Å². The van der Waals surface area contributed by atoms with Crippen LogP contribution in [0.25, 0.3) is 22.2 Å². The lowest BCUT2D eigenvalue weighted by molar-refractivity contribution is 0.102. The predicted octanol–water partition coefficient (Wildman–Crippen LogP) is 3.27. The van der Waals surface area contributed by atoms with Crippen LogP contribution in [0, 0.1) is 0 Å². The standard InChI is InChI=1S/C23H22N6O/c1-28-8-7-15-9-16(3-4-18(15)13-28)23(30)27-22-10-21-17(11-24-22)5-6-20(26-21)19-12-25-29(2)14-19/h3-6,9-12,14H,7-8,13H2,1-2H3,(H,24,27,30). The number of carbonyl (C=O) groups is 1. The Hall–Kier alpha value is -3.58. The smallest absolute Gasteiger partial charge is 0.256 e. The lowest BCUT2D eigenvalue weighted by Gasteiger charge is -2.25. The van der Waals surface area contributed by atoms with Crippen LogP contribution in [0.4, 0.5) is 5.82 Å². The minimum absolute atomic E-state index is 0.160. The Balaban J connectivity index is 1.40. The Morgan fingerprint density at radius 1 is 1.07 bits per heavy atom. The first-order chi connectivity index (χ1) is 14.5. The number of anilines is 1. The molecule has 0 atom stereocenters. The number of nitrogens with zero attached hydrogens (tertiary/aromatic N) is 5. The van der Waals surface area contributed by atoms with E-state index in [1.807, 2.05) is 37.5 Å². The molecule has 0 spiro atoms. The fraction of sp³-hybridized carbons (Fsp3) is 0.217. The van der Waals surface area contributed by atoms with Gasteiger partial charge in [-0.05, 0) is 48.9 Å². The van der Waals surface area contributed by atoms with Crippen LogP contribution in [0.2, 0.25) is 0 Å². The van der Waals surface area contributed by atoms with Crippen molar-refractivity contribution in [3.63, 3.8) is 0 Å². The van der Waals surface area contributed by atoms with Crippen LogP contribution in [0.5, 0.6) is 0 Å². The SMILES string of the molecule is CN1CCc2cc(C(=O)Nc3cc4nc(-c5cnn(C)c5)ccc4cn3)ccc2C1. The average molecular weight is 398 g/mol. The van der Waals surface area contributed by atoms with Crippen LogP contribution >= 0.6 is 0 Å². The lowest BCUT2D eigenvalue weighted by Crippen LogP contribution is -2.27. The summed E-state index contributed by atoms with van der Waals surface area (Å²) in [5.41, 5.74) is 5.74. The molecule has 3 aromatic heterocycles. The molecule has 0 saturated carbocycles. The molecule has 30 heavy (non-hydrogen) atoms. The van der Waals surface area contributed by atoms with Crippen LogP contribution in [-0.4, -0.2) is 44.1 Å². The third kappa shape index (κ3) is 3.55. The number of fused-ring (bicyclic) bond motifs is 2. The summed E-state index contributed by atoms with van der Waals surface area (Å²) >= 11 is 0. The molecular formula is C23H22N6O. The number of aromatic nitrogens is 4. The molecule has 7 heteroatoms. The molecular weight excluding hydrogens is 376 g/mol. The van der Waals surface area contributed by atoms with Crippen LogP contribution < -0.4 is 5.32 Å². The van der Waals surface area contributed by atoms with Gasteiger partial charge in [0.2, 0.25) is 0 Å². The first-order valence-electron chi connectivity index (χ1n) is 9.93. The molecule has 1 aliphatic heterocycles. The van der Waals surface area contributed by atoms with Gasteiger partial charge >= 0.3 is 0 Å². The number of hydrogen-bond acceptors (Lipinski definition) is 5. The number of hydrogen-bond donors (Lipinski definition) is 1. The zero-order chi connectivity index (χ0) is 20.7. The van der Waals surface area contributed by atoms with Gasteiger partial charge in [0.05, 0.1) is 17.4 Å². The third-order valence-corrected chi connectivity index (χ3v) is 5.49. The van der Waals surface area contributed by atoms with Gasteiger partial charge in [0.1, 0.15) is 5.82 Å². The van der Waals surface area contributed by atoms with E-state index in [2.05, 4.69) is 33.4 Å². The highest BCUT2D eigenvalue weighted by Crippen LogP contribution is 2.23. The summed E-state index contributed by atoms with van der Waals surface area (Å²) < 4.78 is 1.75. The Bertz CT molecular complexity index is 1260. The zero-order valence-electron chi connectivity index (χ0n) is 17.0. The van der Waals surface area contributed by atoms with E-state index < -0.39 is 0 Å². The Morgan fingerprint density at radius 3 is 2.80 bits per heavy atom. The average Bonchev–Trinajstić information content (AvgIpc) is 3.19. The number of likely N-dealkylation sites (N-methyl/N-ethyl adjacent to an activating group) is 1. The van der Waals surface area contributed by atoms with Gasteiger partial charge in [-0.15, -0.1) is 0 Å². The highest BCUT2D eigenvalue weighted by atomic mass is 16.1. The van der Waals surface area contributed by atoms with Gasteiger partial charge in [0.15, 0.2) is 0 Å². The number of nitrogens with one attached hydrogen (secondary N) is 1. The van der Waals surface area contributed by atoms with E-state index in [9.17, 15) is 4.79 Å². The summed E-state index contributed by atoms with van der Waals surface area (Å²) in [7, 11) is 3.99. The molecule has 5 rings (SSSR count). The van der Waals surface area contributed by atoms with E-state index in [-0.39, 0.29) is 5.91 Å². The molecule has 0 bridgehead atoms. The third-order valence-electron chi connectivity index (χ3n) is 5.49. The van der Waals surface area contributed by atoms with Gasteiger partial charge in [-0.25, -0.2) is 9.97 Å². The van der Waals surface area contributed by atoms with Crippen molar-refractivity contribution in [2.75, 3.05) is 18.9 Å². The molecule has 4 aromatic rings. The maximum Gasteiger partial charge on any atom is 0.256 e. The molecule has 1 N–H and O–H groups in total. The second-order valence-corrected chi connectivity index (χ2v) is 7.79. The molecule has 7 nitrogen and oxygen atoms in total. The number of aryl methyl sites for hydroxylation is 1. The van der Waals surface area contributed by atoms with E-state index in [1.165, 1.54) is 11.1 Å². The summed E-state index contributed by atoms with van der Waals surface area (Å²) in [6.45, 7) is 1.93. The molecule has 0 saturated heterocycles. The van der Waals surface area contributed by atoms with E-state index in [0.29, 0.717) is 11.4 Å². The van der Waals surface area contributed by atoms with Gasteiger partial charge in [0, 0.05) is 55.1 Å². The molecule has 0 fully saturated rings. The number of pyridine rings is 2. The van der Waals surface area contributed by atoms with Crippen LogP contribution in [-0.2, 0) is 20.0 Å². The topological polar surface area (TPSA) is 75.9 Å². The first kappa shape index (κ1) is 18.4. The van der Waals surface area contributed by atoms with E-state index >= 15 is 0 Å². The van der Waals surface area contributed by atoms with Crippen molar-refractivity contribution in [3.05, 3.63) is 71.7 Å². The fourth-order valence-corrected chi connectivity index (χ4v) is 3.82. The number of carbonyl (C=O) groups excluding carboxylic acids is 1. The van der Waals surface area contributed by atoms with E-state index in [4.69, 9.17) is 4.98 Å². The molecule has 150 valence electrons. The Labute approximate surface area is 174 Å². The molecule has 0 radical (unpaired) electrons. The van der Waals surface area contributed by atoms with Gasteiger partial charge in [-0.3, -0.25) is 9.48 Å².